The van der Waals surface area contributed by atoms with Crippen LogP contribution in [0.15, 0.2) is 30.6 Å². The molecule has 0 fully saturated rings. The monoisotopic (exact) mass is 297 g/mol. The highest BCUT2D eigenvalue weighted by atomic mass is 35.5. The molecule has 1 aromatic carbocycles. The summed E-state index contributed by atoms with van der Waals surface area (Å²) in [4.78, 5) is 8.23. The number of halogens is 2. The van der Waals surface area contributed by atoms with Crippen LogP contribution in [0.5, 0.6) is 5.75 Å². The number of anilines is 1. The molecule has 4 nitrogen and oxygen atoms in total. The van der Waals surface area contributed by atoms with Gasteiger partial charge in [-0.25, -0.2) is 9.97 Å². The van der Waals surface area contributed by atoms with E-state index in [-0.39, 0.29) is 0 Å². The van der Waals surface area contributed by atoms with Gasteiger partial charge in [-0.05, 0) is 24.1 Å². The normalized spacial score (nSPS) is 10.3. The van der Waals surface area contributed by atoms with Crippen molar-refractivity contribution in [3.63, 3.8) is 0 Å². The zero-order valence-electron chi connectivity index (χ0n) is 10.4. The number of benzene rings is 1. The predicted molar refractivity (Wildman–Crippen MR) is 77.2 cm³/mol. The topological polar surface area (TPSA) is 47.0 Å². The summed E-state index contributed by atoms with van der Waals surface area (Å²) in [5, 5.41) is 4.43. The smallest absolute Gasteiger partial charge is 0.222 e. The van der Waals surface area contributed by atoms with E-state index in [0.29, 0.717) is 28.3 Å². The zero-order valence-corrected chi connectivity index (χ0v) is 11.9. The maximum absolute atomic E-state index is 6.09. The molecule has 0 bridgehead atoms. The molecule has 1 N–H and O–H groups in total. The van der Waals surface area contributed by atoms with Gasteiger partial charge in [0.15, 0.2) is 5.75 Å². The van der Waals surface area contributed by atoms with Gasteiger partial charge in [-0.2, -0.15) is 0 Å². The minimum Gasteiger partial charge on any atom is -0.494 e. The van der Waals surface area contributed by atoms with Gasteiger partial charge >= 0.3 is 0 Å². The van der Waals surface area contributed by atoms with Crippen LogP contribution in [0, 0.1) is 0 Å². The van der Waals surface area contributed by atoms with E-state index < -0.39 is 0 Å². The molecule has 0 aliphatic heterocycles. The van der Waals surface area contributed by atoms with E-state index in [2.05, 4.69) is 15.3 Å². The first-order valence-corrected chi connectivity index (χ1v) is 6.48. The van der Waals surface area contributed by atoms with Gasteiger partial charge in [-0.3, -0.25) is 0 Å². The van der Waals surface area contributed by atoms with Gasteiger partial charge in [-0.1, -0.05) is 29.3 Å². The molecule has 19 heavy (non-hydrogen) atoms. The second-order valence-electron chi connectivity index (χ2n) is 3.86. The van der Waals surface area contributed by atoms with Crippen LogP contribution >= 0.6 is 23.2 Å². The van der Waals surface area contributed by atoms with Gasteiger partial charge in [0.25, 0.3) is 0 Å². The van der Waals surface area contributed by atoms with Crippen molar-refractivity contribution in [2.75, 3.05) is 19.0 Å². The number of methoxy groups -OCH3 is 1. The maximum Gasteiger partial charge on any atom is 0.222 e. The Balaban J connectivity index is 1.88. The molecule has 0 amide bonds. The number of nitrogens with one attached hydrogen (secondary N) is 1. The van der Waals surface area contributed by atoms with Crippen molar-refractivity contribution in [2.45, 2.75) is 6.42 Å². The molecule has 0 saturated heterocycles. The lowest BCUT2D eigenvalue weighted by atomic mass is 10.1. The Labute approximate surface area is 121 Å². The molecule has 0 aliphatic rings. The van der Waals surface area contributed by atoms with E-state index in [1.54, 1.807) is 25.6 Å². The first-order valence-electron chi connectivity index (χ1n) is 5.73. The van der Waals surface area contributed by atoms with Crippen LogP contribution in [0.2, 0.25) is 10.0 Å². The second-order valence-corrected chi connectivity index (χ2v) is 4.70. The Bertz CT molecular complexity index is 546. The van der Waals surface area contributed by atoms with Gasteiger partial charge in [0.2, 0.25) is 5.95 Å². The van der Waals surface area contributed by atoms with E-state index in [0.717, 1.165) is 12.0 Å². The molecule has 1 heterocycles. The molecule has 2 aromatic rings. The predicted octanol–water partition coefficient (Wildman–Crippen LogP) is 3.45. The number of ether oxygens (including phenoxy) is 1. The van der Waals surface area contributed by atoms with Gasteiger partial charge < -0.3 is 10.1 Å². The zero-order chi connectivity index (χ0) is 13.7. The maximum atomic E-state index is 6.09. The second kappa shape index (κ2) is 6.59. The summed E-state index contributed by atoms with van der Waals surface area (Å²) in [6, 6.07) is 5.48. The Morgan fingerprint density at radius 2 is 1.95 bits per heavy atom. The Hall–Kier alpha value is -1.52. The summed E-state index contributed by atoms with van der Waals surface area (Å²) in [7, 11) is 1.58. The summed E-state index contributed by atoms with van der Waals surface area (Å²) in [6.07, 6.45) is 4.00. The van der Waals surface area contributed by atoms with E-state index in [4.69, 9.17) is 27.9 Å². The molecule has 2 rings (SSSR count). The lowest BCUT2D eigenvalue weighted by Crippen LogP contribution is -2.08. The first-order chi connectivity index (χ1) is 9.19. The van der Waals surface area contributed by atoms with Gasteiger partial charge in [0, 0.05) is 16.6 Å². The van der Waals surface area contributed by atoms with Crippen LogP contribution < -0.4 is 10.1 Å². The van der Waals surface area contributed by atoms with Crippen LogP contribution in [0.1, 0.15) is 5.56 Å². The summed E-state index contributed by atoms with van der Waals surface area (Å²) < 4.78 is 4.99. The summed E-state index contributed by atoms with van der Waals surface area (Å²) in [5.41, 5.74) is 1.03. The molecule has 0 spiro atoms. The molecular weight excluding hydrogens is 285 g/mol. The van der Waals surface area contributed by atoms with Crippen LogP contribution in [-0.2, 0) is 6.42 Å². The van der Waals surface area contributed by atoms with Crippen molar-refractivity contribution in [1.29, 1.82) is 0 Å². The van der Waals surface area contributed by atoms with Crippen LogP contribution in [0.3, 0.4) is 0 Å². The van der Waals surface area contributed by atoms with Crippen LogP contribution in [0.25, 0.3) is 0 Å². The van der Waals surface area contributed by atoms with Gasteiger partial charge in [0.05, 0.1) is 19.5 Å². The molecule has 0 radical (unpaired) electrons. The van der Waals surface area contributed by atoms with Crippen molar-refractivity contribution in [2.24, 2.45) is 0 Å². The van der Waals surface area contributed by atoms with Crippen molar-refractivity contribution in [3.05, 3.63) is 46.2 Å². The first kappa shape index (κ1) is 13.9. The number of rotatable bonds is 5. The lowest BCUT2D eigenvalue weighted by molar-refractivity contribution is 0.411. The largest absolute Gasteiger partial charge is 0.494 e. The van der Waals surface area contributed by atoms with Crippen molar-refractivity contribution in [1.82, 2.24) is 9.97 Å². The third-order valence-electron chi connectivity index (χ3n) is 2.56. The fraction of sp³-hybridized carbons (Fsp3) is 0.231. The third kappa shape index (κ3) is 3.98. The third-order valence-corrected chi connectivity index (χ3v) is 3.14. The standard InChI is InChI=1S/C13H13Cl2N3O/c1-19-11-7-17-13(18-8-11)16-5-4-9-2-3-10(14)6-12(9)15/h2-3,6-8H,4-5H2,1H3,(H,16,17,18). The minimum absolute atomic E-state index is 0.561. The average Bonchev–Trinajstić information content (AvgIpc) is 2.42. The van der Waals surface area contributed by atoms with Crippen molar-refractivity contribution in [3.8, 4) is 5.75 Å². The van der Waals surface area contributed by atoms with Crippen molar-refractivity contribution < 1.29 is 4.74 Å². The van der Waals surface area contributed by atoms with Gasteiger partial charge in [0.1, 0.15) is 0 Å². The molecule has 100 valence electrons. The number of aromatic nitrogens is 2. The number of nitrogens with zero attached hydrogens (tertiary/aromatic N) is 2. The summed E-state index contributed by atoms with van der Waals surface area (Å²) >= 11 is 11.9. The Morgan fingerprint density at radius 1 is 1.21 bits per heavy atom. The molecule has 0 unspecified atom stereocenters. The van der Waals surface area contributed by atoms with Crippen LogP contribution in [-0.4, -0.2) is 23.6 Å². The van der Waals surface area contributed by atoms with E-state index >= 15 is 0 Å². The molecule has 0 aliphatic carbocycles. The molecule has 1 aromatic heterocycles. The van der Waals surface area contributed by atoms with E-state index in [9.17, 15) is 0 Å². The number of hydrogen-bond acceptors (Lipinski definition) is 4. The molecule has 0 saturated carbocycles. The fourth-order valence-electron chi connectivity index (χ4n) is 1.55. The van der Waals surface area contributed by atoms with Gasteiger partial charge in [-0.15, -0.1) is 0 Å². The Morgan fingerprint density at radius 3 is 2.58 bits per heavy atom. The van der Waals surface area contributed by atoms with Crippen molar-refractivity contribution >= 4 is 29.2 Å². The summed E-state index contributed by atoms with van der Waals surface area (Å²) in [5.74, 6) is 1.19. The quantitative estimate of drug-likeness (QED) is 0.918. The highest BCUT2D eigenvalue weighted by molar-refractivity contribution is 6.35. The lowest BCUT2D eigenvalue weighted by Gasteiger charge is -2.07. The molecule has 6 heteroatoms. The number of hydrogen-bond donors (Lipinski definition) is 1. The fourth-order valence-corrected chi connectivity index (χ4v) is 2.05. The average molecular weight is 298 g/mol. The summed E-state index contributed by atoms with van der Waals surface area (Å²) in [6.45, 7) is 0.688. The van der Waals surface area contributed by atoms with E-state index in [1.807, 2.05) is 12.1 Å². The minimum atomic E-state index is 0.561. The SMILES string of the molecule is COc1cnc(NCCc2ccc(Cl)cc2Cl)nc1. The van der Waals surface area contributed by atoms with E-state index in [1.165, 1.54) is 0 Å². The van der Waals surface area contributed by atoms with Crippen LogP contribution in [0.4, 0.5) is 5.95 Å². The molecule has 0 atom stereocenters. The highest BCUT2D eigenvalue weighted by Gasteiger charge is 2.02. The molecular formula is C13H13Cl2N3O. The highest BCUT2D eigenvalue weighted by Crippen LogP contribution is 2.21. The Kier molecular flexibility index (Phi) is 4.82.